The fourth-order valence-corrected chi connectivity index (χ4v) is 3.20. The molecule has 2 aliphatic heterocycles. The van der Waals surface area contributed by atoms with Crippen molar-refractivity contribution in [3.63, 3.8) is 0 Å². The first-order chi connectivity index (χ1) is 11.5. The number of piperazine rings is 1. The van der Waals surface area contributed by atoms with Gasteiger partial charge in [-0.1, -0.05) is 0 Å². The third-order valence-corrected chi connectivity index (χ3v) is 4.36. The van der Waals surface area contributed by atoms with E-state index in [9.17, 15) is 13.2 Å². The smallest absolute Gasteiger partial charge is 0.389 e. The zero-order chi connectivity index (χ0) is 17.2. The standard InChI is InChI=1S/C16H21F3N2O3.2ClH/c1-22-13-8-11(9-14-15(13)24-10-23-14)12(2-3-16(17,18)19)21-6-4-20-5-7-21;;/h8-9,12,20H,2-7,10H2,1H3;2*1H/t12-;;/m0../s1. The monoisotopic (exact) mass is 418 g/mol. The first kappa shape index (κ1) is 23.0. The van der Waals surface area contributed by atoms with Gasteiger partial charge >= 0.3 is 6.18 Å². The molecular weight excluding hydrogens is 396 g/mol. The molecule has 0 radical (unpaired) electrons. The lowest BCUT2D eigenvalue weighted by molar-refractivity contribution is -0.138. The lowest BCUT2D eigenvalue weighted by Crippen LogP contribution is -2.45. The summed E-state index contributed by atoms with van der Waals surface area (Å²) in [5.41, 5.74) is 0.766. The van der Waals surface area contributed by atoms with Crippen molar-refractivity contribution in [2.75, 3.05) is 40.1 Å². The molecule has 0 unspecified atom stereocenters. The number of hydrogen-bond donors (Lipinski definition) is 1. The largest absolute Gasteiger partial charge is 0.493 e. The fourth-order valence-electron chi connectivity index (χ4n) is 3.20. The Kier molecular flexibility index (Phi) is 8.59. The SMILES string of the molecule is COc1cc([C@H](CCC(F)(F)F)N2CCNCC2)cc2c1OCO2.Cl.Cl. The maximum absolute atomic E-state index is 12.8. The van der Waals surface area contributed by atoms with E-state index >= 15 is 0 Å². The van der Waals surface area contributed by atoms with Crippen LogP contribution in [0.4, 0.5) is 13.2 Å². The van der Waals surface area contributed by atoms with Crippen molar-refractivity contribution >= 4 is 24.8 Å². The summed E-state index contributed by atoms with van der Waals surface area (Å²) in [6, 6.07) is 3.20. The van der Waals surface area contributed by atoms with Gasteiger partial charge in [0.2, 0.25) is 12.5 Å². The normalized spacial score (nSPS) is 17.8. The highest BCUT2D eigenvalue weighted by atomic mass is 35.5. The minimum absolute atomic E-state index is 0. The Hall–Kier alpha value is -1.09. The van der Waals surface area contributed by atoms with Crippen LogP contribution in [0.1, 0.15) is 24.4 Å². The molecule has 0 bridgehead atoms. The number of ether oxygens (including phenoxy) is 3. The van der Waals surface area contributed by atoms with Crippen LogP contribution in [0.15, 0.2) is 12.1 Å². The number of nitrogens with one attached hydrogen (secondary N) is 1. The molecule has 1 atom stereocenters. The molecule has 0 amide bonds. The van der Waals surface area contributed by atoms with Gasteiger partial charge in [0.1, 0.15) is 0 Å². The van der Waals surface area contributed by atoms with Crippen molar-refractivity contribution in [2.45, 2.75) is 25.1 Å². The highest BCUT2D eigenvalue weighted by Crippen LogP contribution is 2.44. The van der Waals surface area contributed by atoms with Gasteiger partial charge in [0.25, 0.3) is 0 Å². The number of nitrogens with zero attached hydrogens (tertiary/aromatic N) is 1. The number of halogens is 5. The van der Waals surface area contributed by atoms with Crippen LogP contribution >= 0.6 is 24.8 Å². The van der Waals surface area contributed by atoms with E-state index in [4.69, 9.17) is 14.2 Å². The molecule has 150 valence electrons. The van der Waals surface area contributed by atoms with Crippen molar-refractivity contribution in [3.8, 4) is 17.2 Å². The zero-order valence-corrected chi connectivity index (χ0v) is 15.9. The predicted octanol–water partition coefficient (Wildman–Crippen LogP) is 3.56. The van der Waals surface area contributed by atoms with Crippen molar-refractivity contribution in [1.82, 2.24) is 10.2 Å². The van der Waals surface area contributed by atoms with E-state index in [1.165, 1.54) is 7.11 Å². The van der Waals surface area contributed by atoms with Gasteiger partial charge in [-0.2, -0.15) is 13.2 Å². The van der Waals surface area contributed by atoms with Crippen LogP contribution in [0.5, 0.6) is 17.2 Å². The van der Waals surface area contributed by atoms with Gasteiger partial charge in [-0.15, -0.1) is 24.8 Å². The highest BCUT2D eigenvalue weighted by molar-refractivity contribution is 5.85. The minimum Gasteiger partial charge on any atom is -0.493 e. The molecule has 2 aliphatic rings. The fraction of sp³-hybridized carbons (Fsp3) is 0.625. The van der Waals surface area contributed by atoms with Crippen LogP contribution in [0.3, 0.4) is 0 Å². The molecule has 0 aliphatic carbocycles. The summed E-state index contributed by atoms with van der Waals surface area (Å²) < 4.78 is 54.4. The van der Waals surface area contributed by atoms with Gasteiger partial charge < -0.3 is 19.5 Å². The summed E-state index contributed by atoms with van der Waals surface area (Å²) in [4.78, 5) is 2.08. The molecule has 0 saturated carbocycles. The first-order valence-corrected chi connectivity index (χ1v) is 7.97. The Morgan fingerprint density at radius 3 is 2.50 bits per heavy atom. The Morgan fingerprint density at radius 1 is 1.19 bits per heavy atom. The van der Waals surface area contributed by atoms with Crippen LogP contribution in [-0.4, -0.2) is 51.2 Å². The molecule has 2 heterocycles. The van der Waals surface area contributed by atoms with Crippen molar-refractivity contribution in [1.29, 1.82) is 0 Å². The minimum atomic E-state index is -4.17. The first-order valence-electron chi connectivity index (χ1n) is 7.97. The van der Waals surface area contributed by atoms with Gasteiger partial charge in [-0.25, -0.2) is 0 Å². The summed E-state index contributed by atoms with van der Waals surface area (Å²) in [6.45, 7) is 3.04. The average Bonchev–Trinajstić information content (AvgIpc) is 3.03. The molecule has 3 rings (SSSR count). The molecule has 1 N–H and O–H groups in total. The molecule has 0 aromatic heterocycles. The third kappa shape index (κ3) is 5.45. The van der Waals surface area contributed by atoms with Crippen LogP contribution in [-0.2, 0) is 0 Å². The van der Waals surface area contributed by atoms with Crippen LogP contribution < -0.4 is 19.5 Å². The molecule has 1 aromatic carbocycles. The second-order valence-corrected chi connectivity index (χ2v) is 5.91. The number of hydrogen-bond acceptors (Lipinski definition) is 5. The quantitative estimate of drug-likeness (QED) is 0.791. The Morgan fingerprint density at radius 2 is 1.88 bits per heavy atom. The predicted molar refractivity (Wildman–Crippen MR) is 96.1 cm³/mol. The van der Waals surface area contributed by atoms with E-state index in [1.807, 2.05) is 0 Å². The Labute approximate surface area is 163 Å². The summed E-state index contributed by atoms with van der Waals surface area (Å²) in [5.74, 6) is 1.53. The van der Waals surface area contributed by atoms with Gasteiger partial charge in [0.05, 0.1) is 7.11 Å². The van der Waals surface area contributed by atoms with Crippen molar-refractivity contribution in [2.24, 2.45) is 0 Å². The topological polar surface area (TPSA) is 43.0 Å². The Balaban J connectivity index is 0.00000169. The van der Waals surface area contributed by atoms with Gasteiger partial charge in [0.15, 0.2) is 11.5 Å². The lowest BCUT2D eigenvalue weighted by Gasteiger charge is -2.35. The van der Waals surface area contributed by atoms with Gasteiger partial charge in [0, 0.05) is 38.6 Å². The highest BCUT2D eigenvalue weighted by Gasteiger charge is 2.32. The molecule has 1 fully saturated rings. The summed E-state index contributed by atoms with van der Waals surface area (Å²) >= 11 is 0. The summed E-state index contributed by atoms with van der Waals surface area (Å²) in [7, 11) is 1.51. The molecule has 26 heavy (non-hydrogen) atoms. The zero-order valence-electron chi connectivity index (χ0n) is 14.3. The van der Waals surface area contributed by atoms with Crippen LogP contribution in [0.2, 0.25) is 0 Å². The molecule has 10 heteroatoms. The number of benzene rings is 1. The average molecular weight is 419 g/mol. The maximum atomic E-state index is 12.8. The molecular formula is C16H23Cl2F3N2O3. The van der Waals surface area contributed by atoms with Crippen molar-refractivity contribution in [3.05, 3.63) is 17.7 Å². The number of alkyl halides is 3. The molecule has 0 spiro atoms. The van der Waals surface area contributed by atoms with E-state index in [1.54, 1.807) is 12.1 Å². The van der Waals surface area contributed by atoms with Crippen molar-refractivity contribution < 1.29 is 27.4 Å². The number of fused-ring (bicyclic) bond motifs is 1. The molecule has 5 nitrogen and oxygen atoms in total. The molecule has 1 saturated heterocycles. The van der Waals surface area contributed by atoms with E-state index in [2.05, 4.69) is 10.2 Å². The van der Waals surface area contributed by atoms with Crippen LogP contribution in [0.25, 0.3) is 0 Å². The van der Waals surface area contributed by atoms with Crippen LogP contribution in [0, 0.1) is 0 Å². The summed E-state index contributed by atoms with van der Waals surface area (Å²) in [6.07, 6.45) is -4.99. The lowest BCUT2D eigenvalue weighted by atomic mass is 9.98. The number of rotatable bonds is 5. The van der Waals surface area contributed by atoms with E-state index in [0.717, 1.165) is 18.7 Å². The van der Waals surface area contributed by atoms with E-state index in [-0.39, 0.29) is 44.1 Å². The Bertz CT molecular complexity index is 585. The van der Waals surface area contributed by atoms with E-state index < -0.39 is 12.6 Å². The second kappa shape index (κ2) is 9.73. The van der Waals surface area contributed by atoms with Gasteiger partial charge in [-0.05, 0) is 24.1 Å². The molecule has 1 aromatic rings. The van der Waals surface area contributed by atoms with E-state index in [0.29, 0.717) is 30.3 Å². The van der Waals surface area contributed by atoms with Gasteiger partial charge in [-0.3, -0.25) is 4.90 Å². The third-order valence-electron chi connectivity index (χ3n) is 4.36. The second-order valence-electron chi connectivity index (χ2n) is 5.91. The maximum Gasteiger partial charge on any atom is 0.389 e. The number of methoxy groups -OCH3 is 1. The summed E-state index contributed by atoms with van der Waals surface area (Å²) in [5, 5.41) is 3.22.